The number of nitrogens with one attached hydrogen (secondary N) is 2. The van der Waals surface area contributed by atoms with Gasteiger partial charge in [0.05, 0.1) is 23.9 Å². The van der Waals surface area contributed by atoms with Gasteiger partial charge in [-0.2, -0.15) is 0 Å². The third-order valence-electron chi connectivity index (χ3n) is 5.41. The number of benzene rings is 2. The number of Topliss-reactive ketones (excluding diaryl/α,β-unsaturated/α-hetero) is 1. The highest BCUT2D eigenvalue weighted by atomic mass is 35.5. The van der Waals surface area contributed by atoms with E-state index >= 15 is 0 Å². The summed E-state index contributed by atoms with van der Waals surface area (Å²) >= 11 is 11.7. The van der Waals surface area contributed by atoms with Crippen molar-refractivity contribution in [1.29, 1.82) is 0 Å². The van der Waals surface area contributed by atoms with Gasteiger partial charge in [-0.25, -0.2) is 0 Å². The molecular formula is C27H27Cl2N3O4. The van der Waals surface area contributed by atoms with Crippen molar-refractivity contribution in [2.75, 3.05) is 0 Å². The normalized spacial score (nSPS) is 12.0. The summed E-state index contributed by atoms with van der Waals surface area (Å²) in [4.78, 5) is 43.0. The monoisotopic (exact) mass is 527 g/mol. The van der Waals surface area contributed by atoms with Crippen molar-refractivity contribution in [3.05, 3.63) is 99.8 Å². The van der Waals surface area contributed by atoms with E-state index in [1.54, 1.807) is 50.2 Å². The minimum Gasteiger partial charge on any atom is -0.361 e. The maximum atomic E-state index is 13.1. The van der Waals surface area contributed by atoms with E-state index in [0.717, 1.165) is 11.1 Å². The van der Waals surface area contributed by atoms with Crippen LogP contribution >= 0.6 is 23.2 Å². The van der Waals surface area contributed by atoms with Crippen LogP contribution in [0.2, 0.25) is 10.0 Å². The minimum absolute atomic E-state index is 0.0451. The number of amides is 2. The Morgan fingerprint density at radius 3 is 2.22 bits per heavy atom. The number of aromatic nitrogens is 1. The van der Waals surface area contributed by atoms with Crippen molar-refractivity contribution < 1.29 is 19.1 Å². The second-order valence-electron chi connectivity index (χ2n) is 8.66. The van der Waals surface area contributed by atoms with Crippen LogP contribution in [0.5, 0.6) is 0 Å². The van der Waals surface area contributed by atoms with Gasteiger partial charge < -0.3 is 15.4 Å². The topological polar surface area (TPSA) is 97.4 Å². The van der Waals surface area contributed by atoms with Crippen molar-refractivity contribution in [2.45, 2.75) is 45.1 Å². The zero-order valence-electron chi connectivity index (χ0n) is 20.0. The molecule has 0 aliphatic carbocycles. The van der Waals surface area contributed by atoms with E-state index in [9.17, 15) is 14.4 Å². The standard InChI is InChI=1S/C27H27Cl2N3O4/c1-27(2,36-17-19-8-10-20(28)11-9-19)26(35)32-23(14-18-6-4-3-5-7-18)24(33)25(34)31-16-22-13-12-21(29)15-30-22/h3-13,15,23H,14,16-17H2,1-2H3,(H,31,34)(H,32,35)/t23-/m1/s1. The van der Waals surface area contributed by atoms with Crippen LogP contribution in [0.4, 0.5) is 0 Å². The van der Waals surface area contributed by atoms with Crippen LogP contribution in [0, 0.1) is 0 Å². The number of pyridine rings is 1. The van der Waals surface area contributed by atoms with Crippen molar-refractivity contribution in [3.63, 3.8) is 0 Å². The summed E-state index contributed by atoms with van der Waals surface area (Å²) in [5.41, 5.74) is 0.912. The number of rotatable bonds is 11. The molecule has 2 N–H and O–H groups in total. The predicted octanol–water partition coefficient (Wildman–Crippen LogP) is 4.30. The highest BCUT2D eigenvalue weighted by molar-refractivity contribution is 6.38. The lowest BCUT2D eigenvalue weighted by Gasteiger charge is -2.27. The fraction of sp³-hybridized carbons (Fsp3) is 0.259. The fourth-order valence-corrected chi connectivity index (χ4v) is 3.47. The number of nitrogens with zero attached hydrogens (tertiary/aromatic N) is 1. The summed E-state index contributed by atoms with van der Waals surface area (Å²) in [6.07, 6.45) is 1.60. The molecule has 0 aliphatic rings. The van der Waals surface area contributed by atoms with Gasteiger partial charge in [0, 0.05) is 17.6 Å². The first kappa shape index (κ1) is 27.3. The molecule has 0 fully saturated rings. The van der Waals surface area contributed by atoms with Crippen LogP contribution in [0.15, 0.2) is 72.9 Å². The average molecular weight is 528 g/mol. The van der Waals surface area contributed by atoms with Gasteiger partial charge >= 0.3 is 0 Å². The Labute approximate surface area is 220 Å². The largest absolute Gasteiger partial charge is 0.361 e. The number of halogens is 2. The molecule has 9 heteroatoms. The fourth-order valence-electron chi connectivity index (χ4n) is 3.23. The number of ketones is 1. The van der Waals surface area contributed by atoms with Gasteiger partial charge in [0.1, 0.15) is 11.6 Å². The predicted molar refractivity (Wildman–Crippen MR) is 138 cm³/mol. The first-order valence-corrected chi connectivity index (χ1v) is 12.1. The third kappa shape index (κ3) is 8.16. The summed E-state index contributed by atoms with van der Waals surface area (Å²) in [5, 5.41) is 6.33. The molecule has 0 bridgehead atoms. The molecule has 1 aromatic heterocycles. The van der Waals surface area contributed by atoms with E-state index in [-0.39, 0.29) is 19.6 Å². The molecule has 0 spiro atoms. The number of ether oxygens (including phenoxy) is 1. The molecule has 36 heavy (non-hydrogen) atoms. The zero-order valence-corrected chi connectivity index (χ0v) is 21.5. The first-order valence-electron chi connectivity index (χ1n) is 11.3. The number of carbonyl (C=O) groups excluding carboxylic acids is 3. The maximum absolute atomic E-state index is 13.1. The van der Waals surface area contributed by atoms with Crippen LogP contribution in [-0.2, 0) is 38.7 Å². The quantitative estimate of drug-likeness (QED) is 0.362. The van der Waals surface area contributed by atoms with Gasteiger partial charge in [0.2, 0.25) is 5.78 Å². The van der Waals surface area contributed by atoms with Crippen LogP contribution in [0.3, 0.4) is 0 Å². The average Bonchev–Trinajstić information content (AvgIpc) is 2.87. The van der Waals surface area contributed by atoms with Crippen LogP contribution < -0.4 is 10.6 Å². The summed E-state index contributed by atoms with van der Waals surface area (Å²) in [6, 6.07) is 18.4. The van der Waals surface area contributed by atoms with Gasteiger partial charge in [-0.15, -0.1) is 0 Å². The molecule has 2 aromatic carbocycles. The summed E-state index contributed by atoms with van der Waals surface area (Å²) in [5.74, 6) is -2.11. The maximum Gasteiger partial charge on any atom is 0.289 e. The Bertz CT molecular complexity index is 1180. The molecule has 1 atom stereocenters. The Morgan fingerprint density at radius 1 is 0.917 bits per heavy atom. The highest BCUT2D eigenvalue weighted by Crippen LogP contribution is 2.17. The molecule has 1 heterocycles. The van der Waals surface area contributed by atoms with Crippen molar-refractivity contribution in [1.82, 2.24) is 15.6 Å². The smallest absolute Gasteiger partial charge is 0.289 e. The van der Waals surface area contributed by atoms with Crippen LogP contribution in [-0.4, -0.2) is 34.2 Å². The molecule has 0 radical (unpaired) electrons. The van der Waals surface area contributed by atoms with Gasteiger partial charge in [0.15, 0.2) is 0 Å². The van der Waals surface area contributed by atoms with E-state index in [4.69, 9.17) is 27.9 Å². The van der Waals surface area contributed by atoms with Crippen molar-refractivity contribution in [2.24, 2.45) is 0 Å². The van der Waals surface area contributed by atoms with Crippen LogP contribution in [0.1, 0.15) is 30.7 Å². The number of hydrogen-bond donors (Lipinski definition) is 2. The Hall–Kier alpha value is -3.26. The molecule has 2 amide bonds. The zero-order chi connectivity index (χ0) is 26.1. The van der Waals surface area contributed by atoms with E-state index in [1.807, 2.05) is 30.3 Å². The minimum atomic E-state index is -1.27. The first-order chi connectivity index (χ1) is 17.1. The molecule has 0 unspecified atom stereocenters. The van der Waals surface area contributed by atoms with Crippen molar-refractivity contribution >= 4 is 40.8 Å². The van der Waals surface area contributed by atoms with Gasteiger partial charge in [-0.1, -0.05) is 65.7 Å². The molecule has 7 nitrogen and oxygen atoms in total. The molecule has 0 saturated carbocycles. The Morgan fingerprint density at radius 2 is 1.58 bits per heavy atom. The number of hydrogen-bond acceptors (Lipinski definition) is 5. The van der Waals surface area contributed by atoms with Gasteiger partial charge in [-0.3, -0.25) is 19.4 Å². The Kier molecular flexibility index (Phi) is 9.58. The second-order valence-corrected chi connectivity index (χ2v) is 9.53. The molecule has 0 aliphatic heterocycles. The number of carbonyl (C=O) groups is 3. The van der Waals surface area contributed by atoms with E-state index in [0.29, 0.717) is 15.7 Å². The van der Waals surface area contributed by atoms with Crippen LogP contribution in [0.25, 0.3) is 0 Å². The molecule has 3 aromatic rings. The summed E-state index contributed by atoms with van der Waals surface area (Å²) < 4.78 is 5.84. The molecule has 188 valence electrons. The lowest BCUT2D eigenvalue weighted by atomic mass is 10.00. The molecular weight excluding hydrogens is 501 g/mol. The van der Waals surface area contributed by atoms with E-state index in [1.165, 1.54) is 6.20 Å². The molecule has 3 rings (SSSR count). The van der Waals surface area contributed by atoms with E-state index in [2.05, 4.69) is 15.6 Å². The van der Waals surface area contributed by atoms with Gasteiger partial charge in [0.25, 0.3) is 11.8 Å². The summed E-state index contributed by atoms with van der Waals surface area (Å²) in [7, 11) is 0. The molecule has 0 saturated heterocycles. The Balaban J connectivity index is 1.67. The van der Waals surface area contributed by atoms with Gasteiger partial charge in [-0.05, 0) is 49.2 Å². The lowest BCUT2D eigenvalue weighted by molar-refractivity contribution is -0.147. The highest BCUT2D eigenvalue weighted by Gasteiger charge is 2.34. The SMILES string of the molecule is CC(C)(OCc1ccc(Cl)cc1)C(=O)N[C@H](Cc1ccccc1)C(=O)C(=O)NCc1ccc(Cl)cn1. The van der Waals surface area contributed by atoms with E-state index < -0.39 is 29.2 Å². The lowest BCUT2D eigenvalue weighted by Crippen LogP contribution is -2.54. The summed E-state index contributed by atoms with van der Waals surface area (Å²) in [6.45, 7) is 3.43. The second kappa shape index (κ2) is 12.6. The third-order valence-corrected chi connectivity index (χ3v) is 5.88. The van der Waals surface area contributed by atoms with Crippen molar-refractivity contribution in [3.8, 4) is 0 Å².